The average molecular weight is 319 g/mol. The lowest BCUT2D eigenvalue weighted by Crippen LogP contribution is -2.53. The molecule has 4 nitrogen and oxygen atoms in total. The summed E-state index contributed by atoms with van der Waals surface area (Å²) in [5, 5.41) is 21.4. The molecular weight excluding hydrogens is 290 g/mol. The second-order valence-electron chi connectivity index (χ2n) is 7.37. The smallest absolute Gasteiger partial charge is 0.0919 e. The molecule has 4 heteroatoms. The van der Waals surface area contributed by atoms with Crippen LogP contribution in [0.1, 0.15) is 43.4 Å². The highest BCUT2D eigenvalue weighted by molar-refractivity contribution is 5.27. The Kier molecular flexibility index (Phi) is 5.07. The third-order valence-electron chi connectivity index (χ3n) is 5.68. The lowest BCUT2D eigenvalue weighted by molar-refractivity contribution is -0.124. The third kappa shape index (κ3) is 3.61. The largest absolute Gasteiger partial charge is 0.390 e. The van der Waals surface area contributed by atoms with E-state index in [-0.39, 0.29) is 5.92 Å². The molecule has 0 saturated carbocycles. The van der Waals surface area contributed by atoms with Gasteiger partial charge in [0.2, 0.25) is 0 Å². The van der Waals surface area contributed by atoms with Gasteiger partial charge in [-0.15, -0.1) is 0 Å². The van der Waals surface area contributed by atoms with Gasteiger partial charge in [-0.25, -0.2) is 0 Å². The molecule has 3 rings (SSSR count). The van der Waals surface area contributed by atoms with Crippen LogP contribution in [0.5, 0.6) is 0 Å². The number of aryl methyl sites for hydroxylation is 1. The normalized spacial score (nSPS) is 33.7. The predicted octanol–water partition coefficient (Wildman–Crippen LogP) is 2.28. The number of hydrogen-bond acceptors (Lipinski definition) is 4. The number of likely N-dealkylation sites (tertiary alicyclic amines) is 1. The quantitative estimate of drug-likeness (QED) is 0.894. The molecule has 2 aliphatic rings. The van der Waals surface area contributed by atoms with E-state index in [2.05, 4.69) is 4.90 Å². The predicted molar refractivity (Wildman–Crippen MR) is 90.3 cm³/mol. The van der Waals surface area contributed by atoms with Gasteiger partial charge in [0.05, 0.1) is 18.3 Å². The summed E-state index contributed by atoms with van der Waals surface area (Å²) in [5.74, 6) is 0.128. The van der Waals surface area contributed by atoms with Gasteiger partial charge in [0, 0.05) is 25.1 Å². The van der Waals surface area contributed by atoms with Crippen LogP contribution in [0.25, 0.3) is 0 Å². The number of aliphatic hydroxyl groups is 2. The SMILES string of the molecule is Cc1ccccc1C(O)CN1CCCC1C1COCCC1(C)O. The minimum absolute atomic E-state index is 0.128. The molecule has 1 aromatic carbocycles. The van der Waals surface area contributed by atoms with E-state index in [4.69, 9.17) is 4.74 Å². The third-order valence-corrected chi connectivity index (χ3v) is 5.68. The van der Waals surface area contributed by atoms with Crippen LogP contribution in [0.3, 0.4) is 0 Å². The van der Waals surface area contributed by atoms with Crippen molar-refractivity contribution in [3.05, 3.63) is 35.4 Å². The minimum atomic E-state index is -0.668. The van der Waals surface area contributed by atoms with Crippen LogP contribution in [0.15, 0.2) is 24.3 Å². The van der Waals surface area contributed by atoms with Crippen molar-refractivity contribution in [2.24, 2.45) is 5.92 Å². The van der Waals surface area contributed by atoms with Crippen molar-refractivity contribution in [1.82, 2.24) is 4.90 Å². The zero-order valence-electron chi connectivity index (χ0n) is 14.2. The van der Waals surface area contributed by atoms with E-state index in [0.29, 0.717) is 32.2 Å². The Morgan fingerprint density at radius 3 is 2.91 bits per heavy atom. The highest BCUT2D eigenvalue weighted by atomic mass is 16.5. The molecule has 2 heterocycles. The summed E-state index contributed by atoms with van der Waals surface area (Å²) >= 11 is 0. The number of hydrogen-bond donors (Lipinski definition) is 2. The van der Waals surface area contributed by atoms with Crippen LogP contribution < -0.4 is 0 Å². The van der Waals surface area contributed by atoms with E-state index in [1.807, 2.05) is 38.1 Å². The lowest BCUT2D eigenvalue weighted by Gasteiger charge is -2.43. The zero-order chi connectivity index (χ0) is 16.4. The van der Waals surface area contributed by atoms with E-state index < -0.39 is 11.7 Å². The number of ether oxygens (including phenoxy) is 1. The van der Waals surface area contributed by atoms with Crippen LogP contribution in [-0.4, -0.2) is 53.1 Å². The maximum Gasteiger partial charge on any atom is 0.0919 e. The molecule has 0 bridgehead atoms. The molecule has 2 saturated heterocycles. The van der Waals surface area contributed by atoms with Gasteiger partial charge >= 0.3 is 0 Å². The molecule has 4 atom stereocenters. The van der Waals surface area contributed by atoms with Gasteiger partial charge in [0.1, 0.15) is 0 Å². The second kappa shape index (κ2) is 6.89. The first-order chi connectivity index (χ1) is 11.0. The maximum atomic E-state index is 10.7. The van der Waals surface area contributed by atoms with Crippen molar-refractivity contribution in [2.75, 3.05) is 26.3 Å². The molecular formula is C19H29NO3. The maximum absolute atomic E-state index is 10.7. The highest BCUT2D eigenvalue weighted by Crippen LogP contribution is 2.36. The minimum Gasteiger partial charge on any atom is -0.390 e. The van der Waals surface area contributed by atoms with Crippen LogP contribution in [-0.2, 0) is 4.74 Å². The summed E-state index contributed by atoms with van der Waals surface area (Å²) in [6, 6.07) is 8.32. The summed E-state index contributed by atoms with van der Waals surface area (Å²) in [4.78, 5) is 2.35. The van der Waals surface area contributed by atoms with Crippen LogP contribution in [0, 0.1) is 12.8 Å². The Morgan fingerprint density at radius 1 is 1.39 bits per heavy atom. The number of aliphatic hydroxyl groups excluding tert-OH is 1. The Morgan fingerprint density at radius 2 is 2.17 bits per heavy atom. The number of β-amino-alcohol motifs (C(OH)–C–C–N with tert-alkyl or cyclic N) is 1. The fourth-order valence-electron chi connectivity index (χ4n) is 4.19. The van der Waals surface area contributed by atoms with Crippen LogP contribution in [0.4, 0.5) is 0 Å². The van der Waals surface area contributed by atoms with Gasteiger partial charge in [-0.1, -0.05) is 24.3 Å². The molecule has 1 aromatic rings. The number of nitrogens with zero attached hydrogens (tertiary/aromatic N) is 1. The van der Waals surface area contributed by atoms with Crippen molar-refractivity contribution < 1.29 is 14.9 Å². The summed E-state index contributed by atoms with van der Waals surface area (Å²) in [7, 11) is 0. The first-order valence-electron chi connectivity index (χ1n) is 8.77. The van der Waals surface area contributed by atoms with Gasteiger partial charge in [-0.2, -0.15) is 0 Å². The molecule has 0 radical (unpaired) electrons. The second-order valence-corrected chi connectivity index (χ2v) is 7.37. The zero-order valence-corrected chi connectivity index (χ0v) is 14.2. The molecule has 0 spiro atoms. The topological polar surface area (TPSA) is 52.9 Å². The van der Waals surface area contributed by atoms with Crippen molar-refractivity contribution in [2.45, 2.75) is 50.9 Å². The standard InChI is InChI=1S/C19H29NO3/c1-14-6-3-4-7-15(14)18(21)12-20-10-5-8-17(20)16-13-23-11-9-19(16,2)22/h3-4,6-7,16-18,21-22H,5,8-13H2,1-2H3. The van der Waals surface area contributed by atoms with E-state index >= 15 is 0 Å². The fraction of sp³-hybridized carbons (Fsp3) is 0.684. The van der Waals surface area contributed by atoms with Gasteiger partial charge in [-0.05, 0) is 50.8 Å². The molecule has 2 fully saturated rings. The summed E-state index contributed by atoms with van der Waals surface area (Å²) in [6.07, 6.45) is 2.41. The van der Waals surface area contributed by atoms with Crippen LogP contribution in [0.2, 0.25) is 0 Å². The summed E-state index contributed by atoms with van der Waals surface area (Å²) in [5.41, 5.74) is 1.47. The van der Waals surface area contributed by atoms with Crippen LogP contribution >= 0.6 is 0 Å². The highest BCUT2D eigenvalue weighted by Gasteiger charge is 2.44. The molecule has 128 valence electrons. The fourth-order valence-corrected chi connectivity index (χ4v) is 4.19. The van der Waals surface area contributed by atoms with Crippen molar-refractivity contribution in [3.63, 3.8) is 0 Å². The van der Waals surface area contributed by atoms with E-state index in [0.717, 1.165) is 30.5 Å². The van der Waals surface area contributed by atoms with E-state index in [1.54, 1.807) is 0 Å². The summed E-state index contributed by atoms with van der Waals surface area (Å²) in [6.45, 7) is 6.85. The molecule has 0 aromatic heterocycles. The van der Waals surface area contributed by atoms with Gasteiger partial charge in [0.15, 0.2) is 0 Å². The van der Waals surface area contributed by atoms with Crippen molar-refractivity contribution in [3.8, 4) is 0 Å². The molecule has 23 heavy (non-hydrogen) atoms. The molecule has 4 unspecified atom stereocenters. The van der Waals surface area contributed by atoms with E-state index in [1.165, 1.54) is 0 Å². The van der Waals surface area contributed by atoms with Gasteiger partial charge in [0.25, 0.3) is 0 Å². The molecule has 0 aliphatic carbocycles. The molecule has 2 N–H and O–H groups in total. The Labute approximate surface area is 139 Å². The Bertz CT molecular complexity index is 531. The Hall–Kier alpha value is -0.940. The number of benzene rings is 1. The van der Waals surface area contributed by atoms with Gasteiger partial charge < -0.3 is 14.9 Å². The Balaban J connectivity index is 1.71. The number of rotatable bonds is 4. The van der Waals surface area contributed by atoms with Gasteiger partial charge in [-0.3, -0.25) is 4.90 Å². The van der Waals surface area contributed by atoms with Crippen molar-refractivity contribution in [1.29, 1.82) is 0 Å². The molecule has 2 aliphatic heterocycles. The summed E-state index contributed by atoms with van der Waals surface area (Å²) < 4.78 is 5.64. The lowest BCUT2D eigenvalue weighted by atomic mass is 9.79. The van der Waals surface area contributed by atoms with E-state index in [9.17, 15) is 10.2 Å². The van der Waals surface area contributed by atoms with Crippen molar-refractivity contribution >= 4 is 0 Å². The average Bonchev–Trinajstić information content (AvgIpc) is 2.95. The monoisotopic (exact) mass is 319 g/mol. The first-order valence-corrected chi connectivity index (χ1v) is 8.77. The molecule has 0 amide bonds. The first kappa shape index (κ1) is 16.9.